The standard InChI is InChI=1S/C24H21N5OS/c1-14-9-10-15(2)19(12-14)29-22(25)20(24(30)26-13-16-6-5-11-31-16)21-23(29)28-18-8-4-3-7-17(18)27-21/h3-12H,13,25H2,1-2H3,(H,26,30). The highest BCUT2D eigenvalue weighted by Gasteiger charge is 2.25. The minimum Gasteiger partial charge on any atom is -0.384 e. The van der Waals surface area contributed by atoms with Crippen LogP contribution < -0.4 is 11.1 Å². The Balaban J connectivity index is 1.74. The van der Waals surface area contributed by atoms with Crippen LogP contribution in [-0.4, -0.2) is 20.4 Å². The van der Waals surface area contributed by atoms with Crippen molar-refractivity contribution in [1.29, 1.82) is 0 Å². The second kappa shape index (κ2) is 7.52. The zero-order chi connectivity index (χ0) is 21.5. The molecule has 6 nitrogen and oxygen atoms in total. The number of carbonyl (C=O) groups is 1. The first-order valence-electron chi connectivity index (χ1n) is 9.98. The van der Waals surface area contributed by atoms with Crippen LogP contribution in [0.15, 0.2) is 60.0 Å². The average molecular weight is 428 g/mol. The van der Waals surface area contributed by atoms with Gasteiger partial charge in [0.05, 0.1) is 23.3 Å². The zero-order valence-corrected chi connectivity index (χ0v) is 18.0. The summed E-state index contributed by atoms with van der Waals surface area (Å²) in [5, 5.41) is 4.97. The Kier molecular flexibility index (Phi) is 4.67. The molecule has 1 amide bonds. The van der Waals surface area contributed by atoms with Crippen molar-refractivity contribution in [2.45, 2.75) is 20.4 Å². The fourth-order valence-electron chi connectivity index (χ4n) is 3.76. The van der Waals surface area contributed by atoms with Crippen molar-refractivity contribution in [3.8, 4) is 5.69 Å². The number of nitrogens with one attached hydrogen (secondary N) is 1. The van der Waals surface area contributed by atoms with Gasteiger partial charge in [-0.3, -0.25) is 9.36 Å². The van der Waals surface area contributed by atoms with E-state index in [4.69, 9.17) is 15.7 Å². The molecule has 0 aliphatic heterocycles. The largest absolute Gasteiger partial charge is 0.384 e. The van der Waals surface area contributed by atoms with Crippen molar-refractivity contribution in [3.63, 3.8) is 0 Å². The number of thiophene rings is 1. The molecule has 0 aliphatic rings. The van der Waals surface area contributed by atoms with Crippen LogP contribution in [0, 0.1) is 13.8 Å². The van der Waals surface area contributed by atoms with E-state index < -0.39 is 0 Å². The molecule has 0 unspecified atom stereocenters. The quantitative estimate of drug-likeness (QED) is 0.433. The highest BCUT2D eigenvalue weighted by molar-refractivity contribution is 7.09. The molecule has 0 bridgehead atoms. The van der Waals surface area contributed by atoms with E-state index >= 15 is 0 Å². The second-order valence-corrected chi connectivity index (χ2v) is 8.56. The Bertz CT molecular complexity index is 1440. The summed E-state index contributed by atoms with van der Waals surface area (Å²) in [4.78, 5) is 23.9. The number of amides is 1. The highest BCUT2D eigenvalue weighted by atomic mass is 32.1. The molecule has 0 aliphatic carbocycles. The highest BCUT2D eigenvalue weighted by Crippen LogP contribution is 2.32. The van der Waals surface area contributed by atoms with Gasteiger partial charge in [-0.2, -0.15) is 0 Å². The Morgan fingerprint density at radius 2 is 1.84 bits per heavy atom. The van der Waals surface area contributed by atoms with E-state index in [1.165, 1.54) is 0 Å². The van der Waals surface area contributed by atoms with Crippen molar-refractivity contribution in [2.24, 2.45) is 0 Å². The summed E-state index contributed by atoms with van der Waals surface area (Å²) in [5.74, 6) is 0.0761. The van der Waals surface area contributed by atoms with Crippen LogP contribution in [0.5, 0.6) is 0 Å². The average Bonchev–Trinajstić information content (AvgIpc) is 3.38. The van der Waals surface area contributed by atoms with E-state index in [9.17, 15) is 4.79 Å². The number of benzene rings is 2. The van der Waals surface area contributed by atoms with E-state index in [2.05, 4.69) is 17.4 Å². The van der Waals surface area contributed by atoms with Gasteiger partial charge in [0.2, 0.25) is 0 Å². The summed E-state index contributed by atoms with van der Waals surface area (Å²) in [7, 11) is 0. The number of nitrogens with two attached hydrogens (primary N) is 1. The number of fused-ring (bicyclic) bond motifs is 2. The molecule has 5 aromatic rings. The molecule has 3 heterocycles. The van der Waals surface area contributed by atoms with Gasteiger partial charge in [0.1, 0.15) is 16.9 Å². The summed E-state index contributed by atoms with van der Waals surface area (Å²) < 4.78 is 1.84. The zero-order valence-electron chi connectivity index (χ0n) is 17.2. The third kappa shape index (κ3) is 3.33. The van der Waals surface area contributed by atoms with E-state index in [-0.39, 0.29) is 5.91 Å². The summed E-state index contributed by atoms with van der Waals surface area (Å²) in [6.07, 6.45) is 0. The van der Waals surface area contributed by atoms with Gasteiger partial charge in [-0.25, -0.2) is 9.97 Å². The lowest BCUT2D eigenvalue weighted by Gasteiger charge is -2.12. The normalized spacial score (nSPS) is 11.3. The van der Waals surface area contributed by atoms with Gasteiger partial charge in [-0.05, 0) is 54.6 Å². The van der Waals surface area contributed by atoms with Crippen LogP contribution in [-0.2, 0) is 6.54 Å². The Labute approximate surface area is 183 Å². The molecule has 0 saturated carbocycles. The predicted molar refractivity (Wildman–Crippen MR) is 126 cm³/mol. The first kappa shape index (κ1) is 19.3. The van der Waals surface area contributed by atoms with Crippen molar-refractivity contribution in [3.05, 3.63) is 81.5 Å². The number of aromatic nitrogens is 3. The van der Waals surface area contributed by atoms with Crippen molar-refractivity contribution in [1.82, 2.24) is 19.9 Å². The fraction of sp³-hybridized carbons (Fsp3) is 0.125. The number of nitrogens with zero attached hydrogens (tertiary/aromatic N) is 3. The Morgan fingerprint density at radius 3 is 2.58 bits per heavy atom. The van der Waals surface area contributed by atoms with E-state index in [1.807, 2.05) is 66.3 Å². The molecule has 0 saturated heterocycles. The van der Waals surface area contributed by atoms with Crippen molar-refractivity contribution in [2.75, 3.05) is 5.73 Å². The molecule has 154 valence electrons. The minimum atomic E-state index is -0.260. The van der Waals surface area contributed by atoms with Gasteiger partial charge in [0.25, 0.3) is 5.91 Å². The first-order chi connectivity index (χ1) is 15.0. The number of nitrogen functional groups attached to an aromatic ring is 1. The molecule has 0 radical (unpaired) electrons. The third-order valence-electron chi connectivity index (χ3n) is 5.33. The van der Waals surface area contributed by atoms with Crippen LogP contribution in [0.2, 0.25) is 0 Å². The molecule has 0 spiro atoms. The number of para-hydroxylation sites is 2. The number of rotatable bonds is 4. The number of carbonyl (C=O) groups excluding carboxylic acids is 1. The number of hydrogen-bond donors (Lipinski definition) is 2. The summed E-state index contributed by atoms with van der Waals surface area (Å²) in [6.45, 7) is 4.48. The smallest absolute Gasteiger partial charge is 0.257 e. The van der Waals surface area contributed by atoms with Gasteiger partial charge >= 0.3 is 0 Å². The van der Waals surface area contributed by atoms with E-state index in [1.54, 1.807) is 11.3 Å². The number of aryl methyl sites for hydroxylation is 2. The van der Waals surface area contributed by atoms with Crippen LogP contribution in [0.25, 0.3) is 27.9 Å². The summed E-state index contributed by atoms with van der Waals surface area (Å²) in [5.41, 5.74) is 12.5. The van der Waals surface area contributed by atoms with Gasteiger partial charge in [-0.15, -0.1) is 11.3 Å². The van der Waals surface area contributed by atoms with E-state index in [0.29, 0.717) is 29.1 Å². The van der Waals surface area contributed by atoms with Gasteiger partial charge in [0, 0.05) is 4.88 Å². The lowest BCUT2D eigenvalue weighted by molar-refractivity contribution is 0.0953. The van der Waals surface area contributed by atoms with Crippen molar-refractivity contribution < 1.29 is 4.79 Å². The fourth-order valence-corrected chi connectivity index (χ4v) is 4.40. The molecule has 0 atom stereocenters. The van der Waals surface area contributed by atoms with Gasteiger partial charge < -0.3 is 11.1 Å². The maximum atomic E-state index is 13.2. The molecule has 31 heavy (non-hydrogen) atoms. The molecule has 0 fully saturated rings. The van der Waals surface area contributed by atoms with Gasteiger partial charge in [-0.1, -0.05) is 30.3 Å². The molecule has 3 aromatic heterocycles. The summed E-state index contributed by atoms with van der Waals surface area (Å²) >= 11 is 1.60. The molecular weight excluding hydrogens is 406 g/mol. The Hall–Kier alpha value is -3.71. The lowest BCUT2D eigenvalue weighted by Crippen LogP contribution is -2.23. The monoisotopic (exact) mass is 427 g/mol. The van der Waals surface area contributed by atoms with Crippen LogP contribution in [0.4, 0.5) is 5.82 Å². The second-order valence-electron chi connectivity index (χ2n) is 7.53. The van der Waals surface area contributed by atoms with Crippen LogP contribution >= 0.6 is 11.3 Å². The number of hydrogen-bond acceptors (Lipinski definition) is 5. The third-order valence-corrected chi connectivity index (χ3v) is 6.21. The summed E-state index contributed by atoms with van der Waals surface area (Å²) in [6, 6.07) is 17.7. The lowest BCUT2D eigenvalue weighted by atomic mass is 10.1. The molecule has 3 N–H and O–H groups in total. The van der Waals surface area contributed by atoms with E-state index in [0.717, 1.165) is 32.7 Å². The molecule has 5 rings (SSSR count). The minimum absolute atomic E-state index is 0.260. The molecular formula is C24H21N5OS. The predicted octanol–water partition coefficient (Wildman–Crippen LogP) is 4.76. The Morgan fingerprint density at radius 1 is 1.06 bits per heavy atom. The maximum Gasteiger partial charge on any atom is 0.257 e. The SMILES string of the molecule is Cc1ccc(C)c(-n2c(N)c(C(=O)NCc3cccs3)c3nc4ccccc4nc32)c1. The molecule has 7 heteroatoms. The van der Waals surface area contributed by atoms with Crippen LogP contribution in [0.1, 0.15) is 26.4 Å². The van der Waals surface area contributed by atoms with Crippen LogP contribution in [0.3, 0.4) is 0 Å². The number of anilines is 1. The van der Waals surface area contributed by atoms with Crippen molar-refractivity contribution >= 4 is 45.3 Å². The topological polar surface area (TPSA) is 85.8 Å². The molecule has 2 aromatic carbocycles. The maximum absolute atomic E-state index is 13.2. The van der Waals surface area contributed by atoms with Gasteiger partial charge in [0.15, 0.2) is 5.65 Å². The first-order valence-corrected chi connectivity index (χ1v) is 10.9.